The number of nitrogens with zero attached hydrogens (tertiary/aromatic N) is 2. The quantitative estimate of drug-likeness (QED) is 0.764. The molecule has 0 aliphatic carbocycles. The van der Waals surface area contributed by atoms with Gasteiger partial charge in [-0.15, -0.1) is 0 Å². The molecule has 1 aliphatic heterocycles. The van der Waals surface area contributed by atoms with Crippen molar-refractivity contribution in [1.29, 1.82) is 0 Å². The van der Waals surface area contributed by atoms with Crippen LogP contribution in [-0.4, -0.2) is 74.7 Å². The summed E-state index contributed by atoms with van der Waals surface area (Å²) in [6, 6.07) is 10.7. The molecule has 0 bridgehead atoms. The number of hydrogen-bond donors (Lipinski definition) is 1. The number of fused-ring (bicyclic) bond motifs is 1. The largest absolute Gasteiger partial charge is 0.491 e. The minimum Gasteiger partial charge on any atom is -0.491 e. The number of carbonyl (C=O) groups excluding carboxylic acids is 2. The number of halogens is 1. The van der Waals surface area contributed by atoms with Crippen molar-refractivity contribution in [3.05, 3.63) is 59.4 Å². The molecule has 33 heavy (non-hydrogen) atoms. The Morgan fingerprint density at radius 2 is 1.88 bits per heavy atom. The van der Waals surface area contributed by atoms with Gasteiger partial charge in [0, 0.05) is 45.0 Å². The number of methoxy groups -OCH3 is 1. The first kappa shape index (κ1) is 24.7. The molecule has 178 valence electrons. The lowest BCUT2D eigenvalue weighted by atomic mass is 10.0. The molecule has 2 aromatic rings. The second-order valence-corrected chi connectivity index (χ2v) is 8.68. The summed E-state index contributed by atoms with van der Waals surface area (Å²) in [5, 5.41) is 2.69. The third kappa shape index (κ3) is 5.89. The number of likely N-dealkylation sites (N-methyl/N-ethyl adjacent to an activating group) is 2. The molecule has 0 saturated heterocycles. The number of ether oxygens (including phenoxy) is 2. The molecule has 8 heteroatoms. The van der Waals surface area contributed by atoms with E-state index in [4.69, 9.17) is 9.47 Å². The van der Waals surface area contributed by atoms with E-state index in [-0.39, 0.29) is 29.5 Å². The van der Waals surface area contributed by atoms with Crippen molar-refractivity contribution in [2.45, 2.75) is 26.0 Å². The van der Waals surface area contributed by atoms with E-state index in [1.807, 2.05) is 7.05 Å². The summed E-state index contributed by atoms with van der Waals surface area (Å²) < 4.78 is 25.7. The molecule has 0 aromatic heterocycles. The molecule has 1 heterocycles. The lowest BCUT2D eigenvalue weighted by Gasteiger charge is -2.34. The minimum atomic E-state index is -0.604. The van der Waals surface area contributed by atoms with Gasteiger partial charge in [-0.05, 0) is 44.2 Å². The van der Waals surface area contributed by atoms with Gasteiger partial charge < -0.3 is 19.7 Å². The Balaban J connectivity index is 1.91. The summed E-state index contributed by atoms with van der Waals surface area (Å²) in [6.07, 6.45) is -0.114. The van der Waals surface area contributed by atoms with Gasteiger partial charge in [0.25, 0.3) is 11.8 Å². The number of nitrogens with one attached hydrogen (secondary N) is 1. The van der Waals surface area contributed by atoms with Gasteiger partial charge in [0.1, 0.15) is 18.2 Å². The fourth-order valence-corrected chi connectivity index (χ4v) is 3.87. The van der Waals surface area contributed by atoms with E-state index in [9.17, 15) is 14.0 Å². The average Bonchev–Trinajstić information content (AvgIpc) is 2.79. The highest BCUT2D eigenvalue weighted by atomic mass is 19.1. The first-order chi connectivity index (χ1) is 15.7. The highest BCUT2D eigenvalue weighted by Crippen LogP contribution is 2.27. The fraction of sp³-hybridized carbons (Fsp3) is 0.440. The van der Waals surface area contributed by atoms with Crippen molar-refractivity contribution in [2.24, 2.45) is 5.92 Å². The van der Waals surface area contributed by atoms with Crippen LogP contribution in [0.25, 0.3) is 0 Å². The van der Waals surface area contributed by atoms with Crippen LogP contribution < -0.4 is 10.1 Å². The lowest BCUT2D eigenvalue weighted by Crippen LogP contribution is -2.45. The molecular formula is C25H32FN3O4. The number of anilines is 1. The Kier molecular flexibility index (Phi) is 8.05. The van der Waals surface area contributed by atoms with Crippen LogP contribution in [0.5, 0.6) is 5.75 Å². The predicted molar refractivity (Wildman–Crippen MR) is 125 cm³/mol. The molecule has 2 aromatic carbocycles. The van der Waals surface area contributed by atoms with Crippen molar-refractivity contribution < 1.29 is 23.5 Å². The molecule has 0 spiro atoms. The van der Waals surface area contributed by atoms with Gasteiger partial charge >= 0.3 is 0 Å². The first-order valence-electron chi connectivity index (χ1n) is 11.0. The maximum absolute atomic E-state index is 14.0. The zero-order chi connectivity index (χ0) is 24.1. The Labute approximate surface area is 194 Å². The van der Waals surface area contributed by atoms with Crippen LogP contribution >= 0.6 is 0 Å². The maximum atomic E-state index is 14.0. The fourth-order valence-electron chi connectivity index (χ4n) is 3.87. The molecule has 1 aliphatic rings. The Morgan fingerprint density at radius 1 is 1.15 bits per heavy atom. The van der Waals surface area contributed by atoms with Crippen LogP contribution in [0.4, 0.5) is 10.1 Å². The van der Waals surface area contributed by atoms with Crippen LogP contribution in [0, 0.1) is 11.7 Å². The van der Waals surface area contributed by atoms with Crippen molar-refractivity contribution in [1.82, 2.24) is 9.80 Å². The monoisotopic (exact) mass is 457 g/mol. The second kappa shape index (κ2) is 10.8. The molecule has 0 radical (unpaired) electrons. The SMILES string of the molecule is CO[C@@H]1CN(C)C(=O)c2ccc(NC(=O)c3ccccc3F)cc2OC[C@H](C)N(C)C[C@@H]1C. The Morgan fingerprint density at radius 3 is 2.58 bits per heavy atom. The minimum absolute atomic E-state index is 0.0584. The third-order valence-corrected chi connectivity index (χ3v) is 6.13. The van der Waals surface area contributed by atoms with E-state index >= 15 is 0 Å². The normalized spacial score (nSPS) is 22.5. The summed E-state index contributed by atoms with van der Waals surface area (Å²) in [4.78, 5) is 29.6. The van der Waals surface area contributed by atoms with Crippen LogP contribution in [0.1, 0.15) is 34.6 Å². The average molecular weight is 458 g/mol. The smallest absolute Gasteiger partial charge is 0.258 e. The zero-order valence-electron chi connectivity index (χ0n) is 19.8. The van der Waals surface area contributed by atoms with Crippen LogP contribution in [0.2, 0.25) is 0 Å². The van der Waals surface area contributed by atoms with E-state index in [0.717, 1.165) is 6.54 Å². The van der Waals surface area contributed by atoms with Gasteiger partial charge in [0.15, 0.2) is 0 Å². The van der Waals surface area contributed by atoms with Crippen molar-refractivity contribution in [3.63, 3.8) is 0 Å². The van der Waals surface area contributed by atoms with E-state index in [0.29, 0.717) is 30.2 Å². The molecule has 1 N–H and O–H groups in total. The van der Waals surface area contributed by atoms with Crippen LogP contribution in [0.3, 0.4) is 0 Å². The van der Waals surface area contributed by atoms with Crippen molar-refractivity contribution in [3.8, 4) is 5.75 Å². The topological polar surface area (TPSA) is 71.1 Å². The highest BCUT2D eigenvalue weighted by Gasteiger charge is 2.27. The molecule has 0 saturated carbocycles. The summed E-state index contributed by atoms with van der Waals surface area (Å²) in [7, 11) is 5.43. The maximum Gasteiger partial charge on any atom is 0.258 e. The summed E-state index contributed by atoms with van der Waals surface area (Å²) in [5.74, 6) is -0.802. The number of hydrogen-bond acceptors (Lipinski definition) is 5. The molecule has 0 fully saturated rings. The van der Waals surface area contributed by atoms with Gasteiger partial charge in [-0.1, -0.05) is 19.1 Å². The highest BCUT2D eigenvalue weighted by molar-refractivity contribution is 6.05. The molecule has 3 rings (SSSR count). The summed E-state index contributed by atoms with van der Waals surface area (Å²) in [5.41, 5.74) is 0.741. The van der Waals surface area contributed by atoms with Gasteiger partial charge in [0.05, 0.1) is 17.2 Å². The van der Waals surface area contributed by atoms with Crippen LogP contribution in [0.15, 0.2) is 42.5 Å². The van der Waals surface area contributed by atoms with Gasteiger partial charge in [0.2, 0.25) is 0 Å². The van der Waals surface area contributed by atoms with Gasteiger partial charge in [-0.3, -0.25) is 14.5 Å². The lowest BCUT2D eigenvalue weighted by molar-refractivity contribution is 0.0150. The molecule has 2 amide bonds. The molecular weight excluding hydrogens is 425 g/mol. The van der Waals surface area contributed by atoms with E-state index in [1.54, 1.807) is 43.3 Å². The zero-order valence-corrected chi connectivity index (χ0v) is 19.8. The summed E-state index contributed by atoms with van der Waals surface area (Å²) >= 11 is 0. The number of amides is 2. The van der Waals surface area contributed by atoms with Crippen LogP contribution in [-0.2, 0) is 4.74 Å². The van der Waals surface area contributed by atoms with Crippen molar-refractivity contribution in [2.75, 3.05) is 46.2 Å². The molecule has 7 nitrogen and oxygen atoms in total. The van der Waals surface area contributed by atoms with E-state index < -0.39 is 11.7 Å². The number of carbonyl (C=O) groups is 2. The van der Waals surface area contributed by atoms with Gasteiger partial charge in [-0.25, -0.2) is 4.39 Å². The summed E-state index contributed by atoms with van der Waals surface area (Å²) in [6.45, 7) is 5.74. The van der Waals surface area contributed by atoms with Crippen molar-refractivity contribution >= 4 is 17.5 Å². The molecule has 3 atom stereocenters. The number of benzene rings is 2. The van der Waals surface area contributed by atoms with E-state index in [1.165, 1.54) is 18.2 Å². The Bertz CT molecular complexity index is 999. The first-order valence-corrected chi connectivity index (χ1v) is 11.0. The van der Waals surface area contributed by atoms with E-state index in [2.05, 4.69) is 24.1 Å². The van der Waals surface area contributed by atoms with Gasteiger partial charge in [-0.2, -0.15) is 0 Å². The Hall–Kier alpha value is -2.97. The standard InChI is InChI=1S/C25H32FN3O4/c1-16-13-28(3)17(2)15-33-22-12-18(27-24(30)19-8-6-7-9-21(19)26)10-11-20(22)25(31)29(4)14-23(16)32-5/h6-12,16-17,23H,13-15H2,1-5H3,(H,27,30)/t16-,17-,23+/m0/s1. The molecule has 0 unspecified atom stereocenters. The predicted octanol–water partition coefficient (Wildman–Crippen LogP) is 3.51. The number of rotatable bonds is 3. The second-order valence-electron chi connectivity index (χ2n) is 8.68. The third-order valence-electron chi connectivity index (χ3n) is 6.13.